The zero-order valence-electron chi connectivity index (χ0n) is 13.9. The van der Waals surface area contributed by atoms with Crippen molar-refractivity contribution in [1.29, 1.82) is 0 Å². The van der Waals surface area contributed by atoms with Gasteiger partial charge in [0, 0.05) is 6.54 Å². The molecule has 1 aliphatic heterocycles. The molecule has 2 aromatic heterocycles. The Labute approximate surface area is 146 Å². The Morgan fingerprint density at radius 2 is 2.04 bits per heavy atom. The minimum atomic E-state index is -0.0196. The lowest BCUT2D eigenvalue weighted by atomic mass is 10.1. The van der Waals surface area contributed by atoms with Gasteiger partial charge in [-0.1, -0.05) is 25.0 Å². The maximum Gasteiger partial charge on any atom is 0.256 e. The molecule has 1 aliphatic rings. The summed E-state index contributed by atoms with van der Waals surface area (Å²) in [5.74, 6) is 0.864. The van der Waals surface area contributed by atoms with Crippen LogP contribution in [0.2, 0.25) is 0 Å². The van der Waals surface area contributed by atoms with Crippen LogP contribution in [-0.2, 0) is 0 Å². The van der Waals surface area contributed by atoms with Gasteiger partial charge in [0.1, 0.15) is 18.4 Å². The number of carbonyl (C=O) groups is 1. The Morgan fingerprint density at radius 1 is 1.12 bits per heavy atom. The molecule has 6 heteroatoms. The normalized spacial score (nSPS) is 18.1. The van der Waals surface area contributed by atoms with Crippen LogP contribution in [0.25, 0.3) is 5.69 Å². The number of amides is 1. The average molecular weight is 336 g/mol. The fourth-order valence-corrected chi connectivity index (χ4v) is 3.47. The Morgan fingerprint density at radius 3 is 2.84 bits per heavy atom. The highest BCUT2D eigenvalue weighted by Crippen LogP contribution is 2.32. The minimum Gasteiger partial charge on any atom is -0.467 e. The van der Waals surface area contributed by atoms with Crippen LogP contribution < -0.4 is 0 Å². The van der Waals surface area contributed by atoms with Gasteiger partial charge < -0.3 is 9.32 Å². The second-order valence-electron chi connectivity index (χ2n) is 6.24. The Bertz CT molecular complexity index is 827. The third kappa shape index (κ3) is 3.07. The van der Waals surface area contributed by atoms with E-state index in [1.165, 1.54) is 6.33 Å². The smallest absolute Gasteiger partial charge is 0.256 e. The van der Waals surface area contributed by atoms with Crippen molar-refractivity contribution in [2.24, 2.45) is 0 Å². The molecule has 0 radical (unpaired) electrons. The van der Waals surface area contributed by atoms with Gasteiger partial charge >= 0.3 is 0 Å². The molecule has 1 amide bonds. The third-order valence-electron chi connectivity index (χ3n) is 4.69. The number of aromatic nitrogens is 3. The molecule has 25 heavy (non-hydrogen) atoms. The first kappa shape index (κ1) is 15.6. The molecule has 0 saturated carbocycles. The molecule has 1 fully saturated rings. The predicted molar refractivity (Wildman–Crippen MR) is 92.3 cm³/mol. The van der Waals surface area contributed by atoms with E-state index >= 15 is 0 Å². The van der Waals surface area contributed by atoms with Crippen molar-refractivity contribution in [3.05, 3.63) is 66.6 Å². The van der Waals surface area contributed by atoms with E-state index in [2.05, 4.69) is 10.1 Å². The van der Waals surface area contributed by atoms with E-state index in [9.17, 15) is 4.79 Å². The molecular weight excluding hydrogens is 316 g/mol. The summed E-state index contributed by atoms with van der Waals surface area (Å²) in [4.78, 5) is 19.3. The SMILES string of the molecule is O=C(c1ccccc1-n1cncn1)N1CCCCC[C@@H]1c1ccco1. The van der Waals surface area contributed by atoms with Crippen molar-refractivity contribution in [1.82, 2.24) is 19.7 Å². The standard InChI is InChI=1S/C19H20N4O2/c24-19(15-7-3-4-8-16(15)23-14-20-13-21-23)22-11-5-1-2-9-17(22)18-10-6-12-25-18/h3-4,6-8,10,12-14,17H,1-2,5,9,11H2/t17-/m1/s1. The second-order valence-corrected chi connectivity index (χ2v) is 6.24. The Balaban J connectivity index is 1.72. The lowest BCUT2D eigenvalue weighted by Crippen LogP contribution is -2.35. The Kier molecular flexibility index (Phi) is 4.33. The molecule has 3 heterocycles. The van der Waals surface area contributed by atoms with Gasteiger partial charge in [-0.05, 0) is 37.1 Å². The van der Waals surface area contributed by atoms with Gasteiger partial charge in [0.15, 0.2) is 0 Å². The van der Waals surface area contributed by atoms with Crippen LogP contribution in [0.3, 0.4) is 0 Å². The molecule has 3 aromatic rings. The molecule has 4 rings (SSSR count). The molecule has 128 valence electrons. The molecule has 0 N–H and O–H groups in total. The number of hydrogen-bond acceptors (Lipinski definition) is 4. The summed E-state index contributed by atoms with van der Waals surface area (Å²) < 4.78 is 7.26. The van der Waals surface area contributed by atoms with Crippen molar-refractivity contribution < 1.29 is 9.21 Å². The van der Waals surface area contributed by atoms with E-state index in [0.717, 1.165) is 43.7 Å². The first-order valence-corrected chi connectivity index (χ1v) is 8.63. The summed E-state index contributed by atoms with van der Waals surface area (Å²) in [5, 5.41) is 4.18. The maximum atomic E-state index is 13.4. The largest absolute Gasteiger partial charge is 0.467 e. The van der Waals surface area contributed by atoms with Crippen LogP contribution >= 0.6 is 0 Å². The number of para-hydroxylation sites is 1. The molecule has 0 spiro atoms. The van der Waals surface area contributed by atoms with Gasteiger partial charge in [-0.25, -0.2) is 9.67 Å². The lowest BCUT2D eigenvalue weighted by Gasteiger charge is -2.29. The first-order valence-electron chi connectivity index (χ1n) is 8.63. The van der Waals surface area contributed by atoms with Crippen LogP contribution in [0.5, 0.6) is 0 Å². The van der Waals surface area contributed by atoms with Crippen molar-refractivity contribution in [3.63, 3.8) is 0 Å². The van der Waals surface area contributed by atoms with E-state index in [4.69, 9.17) is 4.42 Å². The molecule has 0 bridgehead atoms. The van der Waals surface area contributed by atoms with Gasteiger partial charge in [-0.2, -0.15) is 5.10 Å². The topological polar surface area (TPSA) is 64.2 Å². The molecule has 1 aromatic carbocycles. The number of carbonyl (C=O) groups excluding carboxylic acids is 1. The zero-order chi connectivity index (χ0) is 17.1. The van der Waals surface area contributed by atoms with E-state index < -0.39 is 0 Å². The molecular formula is C19H20N4O2. The lowest BCUT2D eigenvalue weighted by molar-refractivity contribution is 0.0658. The number of benzene rings is 1. The quantitative estimate of drug-likeness (QED) is 0.733. The van der Waals surface area contributed by atoms with Crippen LogP contribution in [0.4, 0.5) is 0 Å². The van der Waals surface area contributed by atoms with Gasteiger partial charge in [-0.15, -0.1) is 0 Å². The van der Waals surface area contributed by atoms with E-state index in [1.54, 1.807) is 17.3 Å². The summed E-state index contributed by atoms with van der Waals surface area (Å²) in [5.41, 5.74) is 1.37. The molecule has 0 unspecified atom stereocenters. The van der Waals surface area contributed by atoms with Gasteiger partial charge in [0.25, 0.3) is 5.91 Å². The van der Waals surface area contributed by atoms with Crippen molar-refractivity contribution in [3.8, 4) is 5.69 Å². The summed E-state index contributed by atoms with van der Waals surface area (Å²) in [6, 6.07) is 11.3. The highest BCUT2D eigenvalue weighted by molar-refractivity contribution is 5.98. The van der Waals surface area contributed by atoms with Gasteiger partial charge in [0.05, 0.1) is 23.6 Å². The minimum absolute atomic E-state index is 0.00870. The van der Waals surface area contributed by atoms with E-state index in [1.807, 2.05) is 41.3 Å². The van der Waals surface area contributed by atoms with Crippen LogP contribution in [0, 0.1) is 0 Å². The Hall–Kier alpha value is -2.89. The summed E-state index contributed by atoms with van der Waals surface area (Å²) >= 11 is 0. The number of furan rings is 1. The van der Waals surface area contributed by atoms with Crippen LogP contribution in [-0.4, -0.2) is 32.1 Å². The van der Waals surface area contributed by atoms with Crippen molar-refractivity contribution in [2.45, 2.75) is 31.7 Å². The number of hydrogen-bond donors (Lipinski definition) is 0. The highest BCUT2D eigenvalue weighted by Gasteiger charge is 2.30. The number of likely N-dealkylation sites (tertiary alicyclic amines) is 1. The second kappa shape index (κ2) is 6.93. The van der Waals surface area contributed by atoms with Crippen molar-refractivity contribution in [2.75, 3.05) is 6.54 Å². The van der Waals surface area contributed by atoms with Crippen LogP contribution in [0.15, 0.2) is 59.7 Å². The maximum absolute atomic E-state index is 13.4. The third-order valence-corrected chi connectivity index (χ3v) is 4.69. The van der Waals surface area contributed by atoms with E-state index in [0.29, 0.717) is 5.56 Å². The predicted octanol–water partition coefficient (Wildman–Crippen LogP) is 3.62. The fraction of sp³-hybridized carbons (Fsp3) is 0.316. The molecule has 1 atom stereocenters. The highest BCUT2D eigenvalue weighted by atomic mass is 16.3. The number of nitrogens with zero attached hydrogens (tertiary/aromatic N) is 4. The van der Waals surface area contributed by atoms with Crippen molar-refractivity contribution >= 4 is 5.91 Å². The molecule has 0 aliphatic carbocycles. The zero-order valence-corrected chi connectivity index (χ0v) is 13.9. The summed E-state index contributed by atoms with van der Waals surface area (Å²) in [7, 11) is 0. The van der Waals surface area contributed by atoms with Gasteiger partial charge in [-0.3, -0.25) is 4.79 Å². The summed E-state index contributed by atoms with van der Waals surface area (Å²) in [6.45, 7) is 0.732. The monoisotopic (exact) mass is 336 g/mol. The molecule has 6 nitrogen and oxygen atoms in total. The van der Waals surface area contributed by atoms with Crippen LogP contribution in [0.1, 0.15) is 47.8 Å². The van der Waals surface area contributed by atoms with E-state index in [-0.39, 0.29) is 11.9 Å². The summed E-state index contributed by atoms with van der Waals surface area (Å²) in [6.07, 6.45) is 8.91. The average Bonchev–Trinajstić information content (AvgIpc) is 3.32. The first-order chi connectivity index (χ1) is 12.3. The molecule has 1 saturated heterocycles. The number of rotatable bonds is 3. The van der Waals surface area contributed by atoms with Gasteiger partial charge in [0.2, 0.25) is 0 Å². The fourth-order valence-electron chi connectivity index (χ4n) is 3.47.